The Bertz CT molecular complexity index is 269. The monoisotopic (exact) mass is 478 g/mol. The lowest BCUT2D eigenvalue weighted by Crippen LogP contribution is -2.35. The fourth-order valence-electron chi connectivity index (χ4n) is 2.34. The van der Waals surface area contributed by atoms with Gasteiger partial charge in [-0.1, -0.05) is 48.3 Å². The summed E-state index contributed by atoms with van der Waals surface area (Å²) in [7, 11) is 4.40. The van der Waals surface area contributed by atoms with Gasteiger partial charge in [0, 0.05) is 26.4 Å². The Hall–Kier alpha value is 1.67. The second-order valence-electron chi connectivity index (χ2n) is 5.54. The van der Waals surface area contributed by atoms with Gasteiger partial charge in [0.05, 0.1) is 9.75 Å². The van der Waals surface area contributed by atoms with E-state index in [1.807, 2.05) is 41.2 Å². The highest BCUT2D eigenvalue weighted by Crippen LogP contribution is 2.49. The van der Waals surface area contributed by atoms with E-state index in [9.17, 15) is 0 Å². The van der Waals surface area contributed by atoms with Crippen molar-refractivity contribution in [3.63, 3.8) is 0 Å². The van der Waals surface area contributed by atoms with E-state index in [-0.39, 0.29) is 0 Å². The van der Waals surface area contributed by atoms with Gasteiger partial charge in [0.2, 0.25) is 0 Å². The molecule has 0 N–H and O–H groups in total. The van der Waals surface area contributed by atoms with Crippen molar-refractivity contribution in [2.45, 2.75) is 77.0 Å². The molecule has 0 aromatic carbocycles. The average molecular weight is 479 g/mol. The minimum Gasteiger partial charge on any atom is -0.396 e. The first-order valence-electron chi connectivity index (χ1n) is 9.79. The molecule has 0 aromatic heterocycles. The first-order chi connectivity index (χ1) is 12.7. The summed E-state index contributed by atoms with van der Waals surface area (Å²) in [6, 6.07) is 0. The summed E-state index contributed by atoms with van der Waals surface area (Å²) in [5, 5.41) is 0. The van der Waals surface area contributed by atoms with Crippen molar-refractivity contribution < 1.29 is 17.7 Å². The highest BCUT2D eigenvalue weighted by atomic mass is 33.7. The predicted molar refractivity (Wildman–Crippen MR) is 129 cm³/mol. The van der Waals surface area contributed by atoms with E-state index in [0.717, 1.165) is 39.3 Å². The standard InChI is InChI=1S/C16H38O4S4Si2/c1-7-13-15(25(17-9-3)18-10-4)21-23-24-22-16(14-8-2)26(19-11-5)20-12-6/h15-16,25-26H,7-14H2,1-6H3. The van der Waals surface area contributed by atoms with Crippen LogP contribution in [-0.2, 0) is 17.7 Å². The molecule has 0 saturated carbocycles. The van der Waals surface area contributed by atoms with Crippen LogP contribution in [0.2, 0.25) is 0 Å². The molecule has 4 nitrogen and oxygen atoms in total. The van der Waals surface area contributed by atoms with Gasteiger partial charge in [-0.3, -0.25) is 0 Å². The van der Waals surface area contributed by atoms with E-state index in [0.29, 0.717) is 9.75 Å². The first-order valence-corrected chi connectivity index (χ1v) is 18.0. The Morgan fingerprint density at radius 3 is 1.12 bits per heavy atom. The van der Waals surface area contributed by atoms with E-state index in [1.54, 1.807) is 0 Å². The molecule has 0 saturated heterocycles. The van der Waals surface area contributed by atoms with Crippen LogP contribution in [0.4, 0.5) is 0 Å². The van der Waals surface area contributed by atoms with Gasteiger partial charge in [-0.25, -0.2) is 0 Å². The van der Waals surface area contributed by atoms with Crippen molar-refractivity contribution in [3.8, 4) is 0 Å². The lowest BCUT2D eigenvalue weighted by molar-refractivity contribution is 0.210. The van der Waals surface area contributed by atoms with Gasteiger partial charge in [-0.05, 0) is 60.2 Å². The van der Waals surface area contributed by atoms with Crippen molar-refractivity contribution in [3.05, 3.63) is 0 Å². The lowest BCUT2D eigenvalue weighted by atomic mass is 10.4. The zero-order valence-corrected chi connectivity index (χ0v) is 22.8. The van der Waals surface area contributed by atoms with Crippen LogP contribution >= 0.6 is 41.2 Å². The van der Waals surface area contributed by atoms with Gasteiger partial charge in [0.25, 0.3) is 0 Å². The first kappa shape index (κ1) is 27.7. The molecule has 0 fully saturated rings. The van der Waals surface area contributed by atoms with E-state index in [4.69, 9.17) is 17.7 Å². The molecule has 0 aliphatic carbocycles. The van der Waals surface area contributed by atoms with E-state index in [1.165, 1.54) is 12.8 Å². The van der Waals surface area contributed by atoms with E-state index in [2.05, 4.69) is 41.5 Å². The second kappa shape index (κ2) is 20.0. The van der Waals surface area contributed by atoms with Crippen molar-refractivity contribution in [2.24, 2.45) is 0 Å². The highest BCUT2D eigenvalue weighted by molar-refractivity contribution is 9.26. The van der Waals surface area contributed by atoms with Crippen LogP contribution in [0.25, 0.3) is 0 Å². The van der Waals surface area contributed by atoms with Crippen LogP contribution in [0.5, 0.6) is 0 Å². The third kappa shape index (κ3) is 13.0. The quantitative estimate of drug-likeness (QED) is 0.134. The van der Waals surface area contributed by atoms with Crippen molar-refractivity contribution in [1.29, 1.82) is 0 Å². The van der Waals surface area contributed by atoms with Gasteiger partial charge in [-0.2, -0.15) is 0 Å². The molecule has 10 heteroatoms. The van der Waals surface area contributed by atoms with Gasteiger partial charge >= 0.3 is 18.6 Å². The SMILES string of the molecule is CCCC(SSSSC(CCC)[SiH](OCC)OCC)[SiH](OCC)OCC. The highest BCUT2D eigenvalue weighted by Gasteiger charge is 2.28. The molecular weight excluding hydrogens is 441 g/mol. The fraction of sp³-hybridized carbons (Fsp3) is 1.00. The number of hydrogen-bond acceptors (Lipinski definition) is 8. The smallest absolute Gasteiger partial charge is 0.335 e. The third-order valence-corrected chi connectivity index (χ3v) is 18.0. The Morgan fingerprint density at radius 2 is 0.885 bits per heavy atom. The summed E-state index contributed by atoms with van der Waals surface area (Å²) in [5.74, 6) is 0. The molecule has 0 aliphatic rings. The van der Waals surface area contributed by atoms with Crippen LogP contribution < -0.4 is 0 Å². The molecule has 158 valence electrons. The molecule has 0 aliphatic heterocycles. The Labute approximate surface area is 180 Å². The van der Waals surface area contributed by atoms with Crippen LogP contribution in [0, 0.1) is 0 Å². The summed E-state index contributed by atoms with van der Waals surface area (Å²) in [6.45, 7) is 15.7. The zero-order valence-electron chi connectivity index (χ0n) is 17.2. The third-order valence-electron chi connectivity index (χ3n) is 3.43. The summed E-state index contributed by atoms with van der Waals surface area (Å²) >= 11 is 0. The second-order valence-corrected chi connectivity index (χ2v) is 17.2. The Balaban J connectivity index is 4.50. The summed E-state index contributed by atoms with van der Waals surface area (Å²) < 4.78 is 23.8. The van der Waals surface area contributed by atoms with Gasteiger partial charge in [0.1, 0.15) is 0 Å². The predicted octanol–water partition coefficient (Wildman–Crippen LogP) is 5.67. The van der Waals surface area contributed by atoms with Crippen LogP contribution in [0.15, 0.2) is 0 Å². The molecule has 0 heterocycles. The van der Waals surface area contributed by atoms with Crippen LogP contribution in [0.1, 0.15) is 67.2 Å². The molecule has 0 rings (SSSR count). The lowest BCUT2D eigenvalue weighted by Gasteiger charge is -2.25. The molecule has 0 aromatic rings. The largest absolute Gasteiger partial charge is 0.396 e. The summed E-state index contributed by atoms with van der Waals surface area (Å²) in [6.07, 6.45) is 4.66. The maximum Gasteiger partial charge on any atom is 0.335 e. The molecule has 0 spiro atoms. The minimum atomic E-state index is -1.61. The van der Waals surface area contributed by atoms with Gasteiger partial charge < -0.3 is 17.7 Å². The van der Waals surface area contributed by atoms with Gasteiger partial charge in [-0.15, -0.1) is 0 Å². The summed E-state index contributed by atoms with van der Waals surface area (Å²) in [4.78, 5) is 0.990. The van der Waals surface area contributed by atoms with E-state index < -0.39 is 18.6 Å². The summed E-state index contributed by atoms with van der Waals surface area (Å²) in [5.41, 5.74) is 0. The molecular formula is C16H38O4S4Si2. The maximum atomic E-state index is 5.95. The van der Waals surface area contributed by atoms with Crippen LogP contribution in [-0.4, -0.2) is 54.7 Å². The molecule has 0 amide bonds. The molecule has 0 radical (unpaired) electrons. The topological polar surface area (TPSA) is 36.9 Å². The molecule has 26 heavy (non-hydrogen) atoms. The average Bonchev–Trinajstić information content (AvgIpc) is 2.63. The van der Waals surface area contributed by atoms with Crippen LogP contribution in [0.3, 0.4) is 0 Å². The molecule has 2 atom stereocenters. The van der Waals surface area contributed by atoms with Crippen molar-refractivity contribution >= 4 is 59.8 Å². The normalized spacial score (nSPS) is 14.3. The van der Waals surface area contributed by atoms with Crippen molar-refractivity contribution in [1.82, 2.24) is 0 Å². The van der Waals surface area contributed by atoms with E-state index >= 15 is 0 Å². The molecule has 2 unspecified atom stereocenters. The minimum absolute atomic E-state index is 0.495. The maximum absolute atomic E-state index is 5.95. The zero-order chi connectivity index (χ0) is 19.6. The van der Waals surface area contributed by atoms with Crippen molar-refractivity contribution in [2.75, 3.05) is 26.4 Å². The Morgan fingerprint density at radius 1 is 0.577 bits per heavy atom. The van der Waals surface area contributed by atoms with Gasteiger partial charge in [0.15, 0.2) is 0 Å². The number of hydrogen-bond donors (Lipinski definition) is 0. The molecule has 0 bridgehead atoms. The number of rotatable bonds is 19. The fourth-order valence-corrected chi connectivity index (χ4v) is 18.1. The Kier molecular flexibility index (Phi) is 21.3.